The van der Waals surface area contributed by atoms with Gasteiger partial charge >= 0.3 is 0 Å². The number of carbonyl (C=O) groups is 2. The number of hydrogen-bond acceptors (Lipinski definition) is 3. The van der Waals surface area contributed by atoms with E-state index in [1.165, 1.54) is 0 Å². The molecule has 1 saturated heterocycles. The summed E-state index contributed by atoms with van der Waals surface area (Å²) in [6, 6.07) is 19.5. The van der Waals surface area contributed by atoms with Gasteiger partial charge < -0.3 is 5.32 Å². The fourth-order valence-corrected chi connectivity index (χ4v) is 5.13. The maximum Gasteiger partial charge on any atom is 0.244 e. The van der Waals surface area contributed by atoms with Crippen LogP contribution in [0.5, 0.6) is 0 Å². The van der Waals surface area contributed by atoms with Crippen molar-refractivity contribution in [2.75, 3.05) is 11.9 Å². The Balaban J connectivity index is 1.61. The molecule has 1 amide bonds. The van der Waals surface area contributed by atoms with Crippen LogP contribution < -0.4 is 5.32 Å². The first-order chi connectivity index (χ1) is 16.3. The van der Waals surface area contributed by atoms with E-state index in [1.54, 1.807) is 36.4 Å². The van der Waals surface area contributed by atoms with Crippen LogP contribution in [0.25, 0.3) is 0 Å². The lowest BCUT2D eigenvalue weighted by Crippen LogP contribution is -2.52. The van der Waals surface area contributed by atoms with Gasteiger partial charge in [-0.25, -0.2) is 0 Å². The second-order valence-electron chi connectivity index (χ2n) is 8.50. The minimum atomic E-state index is -0.696. The Kier molecular flexibility index (Phi) is 7.63. The van der Waals surface area contributed by atoms with Crippen LogP contribution in [0, 0.1) is 0 Å². The lowest BCUT2D eigenvalue weighted by atomic mass is 9.90. The van der Waals surface area contributed by atoms with E-state index in [0.717, 1.165) is 24.9 Å². The van der Waals surface area contributed by atoms with Gasteiger partial charge in [-0.05, 0) is 61.7 Å². The van der Waals surface area contributed by atoms with Crippen molar-refractivity contribution >= 4 is 52.2 Å². The maximum absolute atomic E-state index is 13.7. The zero-order valence-corrected chi connectivity index (χ0v) is 21.1. The molecule has 0 spiro atoms. The fraction of sp³-hybridized carbons (Fsp3) is 0.259. The van der Waals surface area contributed by atoms with Crippen molar-refractivity contribution in [2.45, 2.75) is 38.3 Å². The summed E-state index contributed by atoms with van der Waals surface area (Å²) in [5.41, 5.74) is 1.66. The van der Waals surface area contributed by atoms with Crippen molar-refractivity contribution in [1.29, 1.82) is 0 Å². The molecule has 176 valence electrons. The van der Waals surface area contributed by atoms with Crippen molar-refractivity contribution in [3.8, 4) is 0 Å². The van der Waals surface area contributed by atoms with Gasteiger partial charge in [0.05, 0.1) is 15.7 Å². The first-order valence-corrected chi connectivity index (χ1v) is 12.4. The van der Waals surface area contributed by atoms with Gasteiger partial charge in [0.15, 0.2) is 5.78 Å². The Morgan fingerprint density at radius 1 is 0.971 bits per heavy atom. The monoisotopic (exact) mass is 514 g/mol. The van der Waals surface area contributed by atoms with Gasteiger partial charge in [-0.1, -0.05) is 78.1 Å². The third-order valence-electron chi connectivity index (χ3n) is 6.50. The molecule has 7 heteroatoms. The first kappa shape index (κ1) is 24.7. The number of rotatable bonds is 7. The molecular weight excluding hydrogens is 491 g/mol. The van der Waals surface area contributed by atoms with Gasteiger partial charge in [-0.2, -0.15) is 0 Å². The van der Waals surface area contributed by atoms with E-state index in [4.69, 9.17) is 34.8 Å². The zero-order valence-electron chi connectivity index (χ0n) is 18.8. The summed E-state index contributed by atoms with van der Waals surface area (Å²) < 4.78 is 0. The second kappa shape index (κ2) is 10.5. The van der Waals surface area contributed by atoms with Crippen LogP contribution in [-0.2, 0) is 11.3 Å². The van der Waals surface area contributed by atoms with E-state index in [0.29, 0.717) is 44.8 Å². The topological polar surface area (TPSA) is 49.4 Å². The zero-order chi connectivity index (χ0) is 24.3. The molecule has 3 aromatic rings. The summed E-state index contributed by atoms with van der Waals surface area (Å²) in [6.45, 7) is 3.39. The third-order valence-corrected chi connectivity index (χ3v) is 7.47. The van der Waals surface area contributed by atoms with Crippen molar-refractivity contribution in [2.24, 2.45) is 0 Å². The molecule has 4 rings (SSSR count). The largest absolute Gasteiger partial charge is 0.324 e. The lowest BCUT2D eigenvalue weighted by molar-refractivity contribution is -0.127. The standard InChI is InChI=1S/C27H25Cl3N2O2/c1-2-27(13-6-14-32(27)17-18-9-11-22(29)23(30)15-18)26(34)31-24-12-10-20(28)16-21(24)25(33)19-7-4-3-5-8-19/h3-5,7-12,15-16H,2,6,13-14,17H2,1H3,(H,31,34)/t27-/m1/s1. The quantitative estimate of drug-likeness (QED) is 0.337. The number of anilines is 1. The molecule has 1 atom stereocenters. The van der Waals surface area contributed by atoms with E-state index in [9.17, 15) is 9.59 Å². The van der Waals surface area contributed by atoms with Crippen molar-refractivity contribution < 1.29 is 9.59 Å². The summed E-state index contributed by atoms with van der Waals surface area (Å²) in [5.74, 6) is -0.319. The summed E-state index contributed by atoms with van der Waals surface area (Å²) in [6.07, 6.45) is 2.26. The van der Waals surface area contributed by atoms with Gasteiger partial charge in [0, 0.05) is 22.7 Å². The Bertz CT molecular complexity index is 1220. The molecule has 4 nitrogen and oxygen atoms in total. The molecule has 1 fully saturated rings. The van der Waals surface area contributed by atoms with Crippen LogP contribution in [-0.4, -0.2) is 28.7 Å². The minimum absolute atomic E-state index is 0.128. The molecule has 1 aliphatic heterocycles. The highest BCUT2D eigenvalue weighted by atomic mass is 35.5. The van der Waals surface area contributed by atoms with E-state index >= 15 is 0 Å². The number of benzene rings is 3. The number of amides is 1. The molecule has 0 radical (unpaired) electrons. The highest BCUT2D eigenvalue weighted by molar-refractivity contribution is 6.42. The van der Waals surface area contributed by atoms with Crippen molar-refractivity contribution in [3.63, 3.8) is 0 Å². The number of ketones is 1. The molecule has 0 aliphatic carbocycles. The van der Waals surface area contributed by atoms with Crippen LogP contribution in [0.15, 0.2) is 66.7 Å². The number of nitrogens with zero attached hydrogens (tertiary/aromatic N) is 1. The minimum Gasteiger partial charge on any atom is -0.324 e. The molecule has 1 N–H and O–H groups in total. The Labute approximate surface area is 214 Å². The highest BCUT2D eigenvalue weighted by Gasteiger charge is 2.46. The van der Waals surface area contributed by atoms with E-state index in [2.05, 4.69) is 10.2 Å². The van der Waals surface area contributed by atoms with Crippen LogP contribution >= 0.6 is 34.8 Å². The molecule has 1 aliphatic rings. The lowest BCUT2D eigenvalue weighted by Gasteiger charge is -2.36. The molecule has 0 bridgehead atoms. The number of nitrogens with one attached hydrogen (secondary N) is 1. The third kappa shape index (κ3) is 5.01. The first-order valence-electron chi connectivity index (χ1n) is 11.2. The smallest absolute Gasteiger partial charge is 0.244 e. The molecule has 1 heterocycles. The number of carbonyl (C=O) groups excluding carboxylic acids is 2. The van der Waals surface area contributed by atoms with Gasteiger partial charge in [0.1, 0.15) is 5.54 Å². The van der Waals surface area contributed by atoms with Gasteiger partial charge in [-0.3, -0.25) is 14.5 Å². The summed E-state index contributed by atoms with van der Waals surface area (Å²) in [4.78, 5) is 29.1. The van der Waals surface area contributed by atoms with E-state index in [-0.39, 0.29) is 11.7 Å². The molecule has 3 aromatic carbocycles. The highest BCUT2D eigenvalue weighted by Crippen LogP contribution is 2.36. The van der Waals surface area contributed by atoms with Crippen molar-refractivity contribution in [1.82, 2.24) is 4.90 Å². The van der Waals surface area contributed by atoms with Gasteiger partial charge in [-0.15, -0.1) is 0 Å². The van der Waals surface area contributed by atoms with Gasteiger partial charge in [0.2, 0.25) is 5.91 Å². The van der Waals surface area contributed by atoms with Crippen molar-refractivity contribution in [3.05, 3.63) is 98.5 Å². The summed E-state index contributed by atoms with van der Waals surface area (Å²) in [5, 5.41) is 4.49. The Hall–Kier alpha value is -2.37. The predicted octanol–water partition coefficient (Wildman–Crippen LogP) is 7.26. The van der Waals surface area contributed by atoms with Crippen LogP contribution in [0.2, 0.25) is 15.1 Å². The van der Waals surface area contributed by atoms with Crippen LogP contribution in [0.4, 0.5) is 5.69 Å². The van der Waals surface area contributed by atoms with E-state index < -0.39 is 5.54 Å². The summed E-state index contributed by atoms with van der Waals surface area (Å²) >= 11 is 18.5. The Morgan fingerprint density at radius 3 is 2.44 bits per heavy atom. The molecule has 0 saturated carbocycles. The van der Waals surface area contributed by atoms with Crippen LogP contribution in [0.1, 0.15) is 47.7 Å². The number of likely N-dealkylation sites (tertiary alicyclic amines) is 1. The molecule has 0 aromatic heterocycles. The maximum atomic E-state index is 13.7. The molecule has 34 heavy (non-hydrogen) atoms. The SMILES string of the molecule is CC[C@]1(C(=O)Nc2ccc(Cl)cc2C(=O)c2ccccc2)CCCN1Cc1ccc(Cl)c(Cl)c1. The molecular formula is C27H25Cl3N2O2. The average molecular weight is 516 g/mol. The van der Waals surface area contributed by atoms with E-state index in [1.807, 2.05) is 37.3 Å². The second-order valence-corrected chi connectivity index (χ2v) is 9.75. The fourth-order valence-electron chi connectivity index (χ4n) is 4.64. The molecule has 0 unspecified atom stereocenters. The average Bonchev–Trinajstić information content (AvgIpc) is 3.26. The van der Waals surface area contributed by atoms with Crippen LogP contribution in [0.3, 0.4) is 0 Å². The normalized spacial score (nSPS) is 18.1. The predicted molar refractivity (Wildman–Crippen MR) is 139 cm³/mol. The Morgan fingerprint density at radius 2 is 1.74 bits per heavy atom. The van der Waals surface area contributed by atoms with Gasteiger partial charge in [0.25, 0.3) is 0 Å². The summed E-state index contributed by atoms with van der Waals surface area (Å²) in [7, 11) is 0. The number of hydrogen-bond donors (Lipinski definition) is 1. The number of halogens is 3.